The van der Waals surface area contributed by atoms with Gasteiger partial charge < -0.3 is 15.2 Å². The number of halogens is 3. The first kappa shape index (κ1) is 23.0. The molecule has 2 aromatic carbocycles. The summed E-state index contributed by atoms with van der Waals surface area (Å²) in [6, 6.07) is 10.2. The number of amides is 1. The highest BCUT2D eigenvalue weighted by Crippen LogP contribution is 2.22. The number of aromatic nitrogens is 2. The highest BCUT2D eigenvalue weighted by molar-refractivity contribution is 7.99. The molecule has 0 saturated carbocycles. The van der Waals surface area contributed by atoms with Crippen LogP contribution < -0.4 is 15.6 Å². The van der Waals surface area contributed by atoms with Gasteiger partial charge in [-0.3, -0.25) is 14.2 Å². The number of rotatable bonds is 8. The van der Waals surface area contributed by atoms with E-state index >= 15 is 0 Å². The van der Waals surface area contributed by atoms with E-state index in [1.807, 2.05) is 0 Å². The summed E-state index contributed by atoms with van der Waals surface area (Å²) in [7, 11) is 0. The van der Waals surface area contributed by atoms with E-state index in [0.717, 1.165) is 11.8 Å². The molecule has 3 aromatic rings. The summed E-state index contributed by atoms with van der Waals surface area (Å²) in [6.45, 7) is -1.37. The number of nitrogens with zero attached hydrogens (tertiary/aromatic N) is 2. The van der Waals surface area contributed by atoms with E-state index in [1.54, 1.807) is 25.1 Å². The normalized spacial score (nSPS) is 12.2. The Hall–Kier alpha value is -2.69. The van der Waals surface area contributed by atoms with Gasteiger partial charge in [-0.25, -0.2) is 4.98 Å². The quantitative estimate of drug-likeness (QED) is 0.385. The molecule has 31 heavy (non-hydrogen) atoms. The molecule has 0 bridgehead atoms. The number of nitrogens with one attached hydrogen (secondary N) is 1. The summed E-state index contributed by atoms with van der Waals surface area (Å²) in [5.41, 5.74) is 0.434. The first-order chi connectivity index (χ1) is 14.7. The lowest BCUT2D eigenvalue weighted by molar-refractivity contribution is -0.113. The maximum atomic E-state index is 12.8. The van der Waals surface area contributed by atoms with Crippen molar-refractivity contribution < 1.29 is 23.4 Å². The van der Waals surface area contributed by atoms with Crippen molar-refractivity contribution >= 4 is 45.9 Å². The van der Waals surface area contributed by atoms with Gasteiger partial charge in [0, 0.05) is 10.7 Å². The molecule has 0 fully saturated rings. The molecule has 0 aliphatic rings. The molecule has 11 heteroatoms. The molecule has 2 N–H and O–H groups in total. The predicted octanol–water partition coefficient (Wildman–Crippen LogP) is 3.76. The minimum absolute atomic E-state index is 0.0138. The van der Waals surface area contributed by atoms with Crippen molar-refractivity contribution in [1.82, 2.24) is 9.55 Å². The fourth-order valence-corrected chi connectivity index (χ4v) is 3.73. The van der Waals surface area contributed by atoms with Gasteiger partial charge in [0.15, 0.2) is 5.16 Å². The van der Waals surface area contributed by atoms with Crippen LogP contribution in [-0.2, 0) is 11.3 Å². The Morgan fingerprint density at radius 1 is 1.29 bits per heavy atom. The van der Waals surface area contributed by atoms with E-state index in [-0.39, 0.29) is 28.8 Å². The SMILES string of the molecule is CC(O)Cn1c(SCC(=O)Nc2ccc(OC(F)F)cc2)nc2cc(Cl)ccc2c1=O. The van der Waals surface area contributed by atoms with E-state index < -0.39 is 18.6 Å². The van der Waals surface area contributed by atoms with Gasteiger partial charge in [0.2, 0.25) is 5.91 Å². The largest absolute Gasteiger partial charge is 0.435 e. The van der Waals surface area contributed by atoms with E-state index in [2.05, 4.69) is 15.0 Å². The molecule has 7 nitrogen and oxygen atoms in total. The fraction of sp³-hybridized carbons (Fsp3) is 0.250. The van der Waals surface area contributed by atoms with Crippen LogP contribution in [0.2, 0.25) is 5.02 Å². The Kier molecular flexibility index (Phi) is 7.47. The Labute approximate surface area is 185 Å². The number of alkyl halides is 2. The monoisotopic (exact) mass is 469 g/mol. The number of aliphatic hydroxyl groups excluding tert-OH is 1. The van der Waals surface area contributed by atoms with Gasteiger partial charge in [-0.2, -0.15) is 8.78 Å². The van der Waals surface area contributed by atoms with Crippen LogP contribution in [0.25, 0.3) is 10.9 Å². The second-order valence-electron chi connectivity index (χ2n) is 6.56. The smallest absolute Gasteiger partial charge is 0.387 e. The number of fused-ring (bicyclic) bond motifs is 1. The molecule has 0 aliphatic heterocycles. The summed E-state index contributed by atoms with van der Waals surface area (Å²) in [5, 5.41) is 13.4. The minimum atomic E-state index is -2.93. The van der Waals surface area contributed by atoms with Gasteiger partial charge in [0.1, 0.15) is 5.75 Å². The van der Waals surface area contributed by atoms with Crippen LogP contribution >= 0.6 is 23.4 Å². The van der Waals surface area contributed by atoms with Crippen molar-refractivity contribution in [3.63, 3.8) is 0 Å². The molecule has 3 rings (SSSR count). The zero-order valence-corrected chi connectivity index (χ0v) is 17.8. The molecule has 0 radical (unpaired) electrons. The second-order valence-corrected chi connectivity index (χ2v) is 7.94. The first-order valence-corrected chi connectivity index (χ1v) is 10.4. The molecule has 1 atom stereocenters. The number of thioether (sulfide) groups is 1. The Balaban J connectivity index is 1.76. The third-order valence-electron chi connectivity index (χ3n) is 4.02. The molecule has 0 saturated heterocycles. The van der Waals surface area contributed by atoms with Gasteiger partial charge in [0.25, 0.3) is 5.56 Å². The van der Waals surface area contributed by atoms with Crippen LogP contribution in [0.1, 0.15) is 6.92 Å². The van der Waals surface area contributed by atoms with Crippen LogP contribution in [0.5, 0.6) is 5.75 Å². The van der Waals surface area contributed by atoms with Crippen molar-refractivity contribution in [3.05, 3.63) is 57.8 Å². The molecule has 1 aromatic heterocycles. The van der Waals surface area contributed by atoms with E-state index in [0.29, 0.717) is 21.6 Å². The molecule has 1 unspecified atom stereocenters. The van der Waals surface area contributed by atoms with Crippen LogP contribution in [0.15, 0.2) is 52.4 Å². The summed E-state index contributed by atoms with van der Waals surface area (Å²) >= 11 is 7.02. The Bertz CT molecular complexity index is 1140. The van der Waals surface area contributed by atoms with Gasteiger partial charge in [-0.1, -0.05) is 23.4 Å². The fourth-order valence-electron chi connectivity index (χ4n) is 2.76. The van der Waals surface area contributed by atoms with Gasteiger partial charge in [0.05, 0.1) is 29.3 Å². The zero-order valence-electron chi connectivity index (χ0n) is 16.2. The van der Waals surface area contributed by atoms with E-state index in [4.69, 9.17) is 11.6 Å². The molecule has 0 aliphatic carbocycles. The summed E-state index contributed by atoms with van der Waals surface area (Å²) in [4.78, 5) is 29.6. The lowest BCUT2D eigenvalue weighted by Gasteiger charge is -2.14. The van der Waals surface area contributed by atoms with Crippen molar-refractivity contribution in [3.8, 4) is 5.75 Å². The number of anilines is 1. The zero-order chi connectivity index (χ0) is 22.5. The third-order valence-corrected chi connectivity index (χ3v) is 5.24. The van der Waals surface area contributed by atoms with Gasteiger partial charge in [-0.05, 0) is 49.4 Å². The highest BCUT2D eigenvalue weighted by Gasteiger charge is 2.15. The van der Waals surface area contributed by atoms with Crippen molar-refractivity contribution in [2.24, 2.45) is 0 Å². The minimum Gasteiger partial charge on any atom is -0.435 e. The van der Waals surface area contributed by atoms with Gasteiger partial charge in [-0.15, -0.1) is 0 Å². The summed E-state index contributed by atoms with van der Waals surface area (Å²) < 4.78 is 30.0. The van der Waals surface area contributed by atoms with E-state index in [9.17, 15) is 23.5 Å². The maximum Gasteiger partial charge on any atom is 0.387 e. The first-order valence-electron chi connectivity index (χ1n) is 9.08. The number of ether oxygens (including phenoxy) is 1. The number of hydrogen-bond donors (Lipinski definition) is 2. The van der Waals surface area contributed by atoms with Crippen LogP contribution in [0.4, 0.5) is 14.5 Å². The second kappa shape index (κ2) is 10.1. The van der Waals surface area contributed by atoms with Crippen LogP contribution in [0.3, 0.4) is 0 Å². The number of benzene rings is 2. The lowest BCUT2D eigenvalue weighted by atomic mass is 10.2. The Morgan fingerprint density at radius 3 is 2.65 bits per heavy atom. The summed E-state index contributed by atoms with van der Waals surface area (Å²) in [5.74, 6) is -0.492. The summed E-state index contributed by atoms with van der Waals surface area (Å²) in [6.07, 6.45) is -0.800. The predicted molar refractivity (Wildman–Crippen MR) is 115 cm³/mol. The van der Waals surface area contributed by atoms with Crippen molar-refractivity contribution in [1.29, 1.82) is 0 Å². The lowest BCUT2D eigenvalue weighted by Crippen LogP contribution is -2.28. The number of hydrogen-bond acceptors (Lipinski definition) is 6. The number of carbonyl (C=O) groups excluding carboxylic acids is 1. The third kappa shape index (κ3) is 6.16. The Morgan fingerprint density at radius 2 is 2.00 bits per heavy atom. The molecular formula is C20H18ClF2N3O4S. The van der Waals surface area contributed by atoms with Gasteiger partial charge >= 0.3 is 6.61 Å². The van der Waals surface area contributed by atoms with E-state index in [1.165, 1.54) is 28.8 Å². The van der Waals surface area contributed by atoms with Crippen LogP contribution in [0, 0.1) is 0 Å². The average molecular weight is 470 g/mol. The highest BCUT2D eigenvalue weighted by atomic mass is 35.5. The van der Waals surface area contributed by atoms with Crippen LogP contribution in [-0.4, -0.2) is 39.0 Å². The standard InChI is InChI=1S/C20H18ClF2N3O4S/c1-11(27)9-26-18(29)15-7-2-12(21)8-16(15)25-20(26)31-10-17(28)24-13-3-5-14(6-4-13)30-19(22)23/h2-8,11,19,27H,9-10H2,1H3,(H,24,28). The number of carbonyl (C=O) groups is 1. The maximum absolute atomic E-state index is 12.8. The topological polar surface area (TPSA) is 93.5 Å². The average Bonchev–Trinajstić information content (AvgIpc) is 2.69. The molecule has 164 valence electrons. The molecular weight excluding hydrogens is 452 g/mol. The molecule has 1 heterocycles. The number of aliphatic hydroxyl groups is 1. The van der Waals surface area contributed by atoms with Crippen molar-refractivity contribution in [2.45, 2.75) is 31.3 Å². The molecule has 0 spiro atoms. The molecule has 1 amide bonds. The van der Waals surface area contributed by atoms with Crippen molar-refractivity contribution in [2.75, 3.05) is 11.1 Å².